The highest BCUT2D eigenvalue weighted by atomic mass is 127. The van der Waals surface area contributed by atoms with Gasteiger partial charge in [-0.25, -0.2) is 0 Å². The van der Waals surface area contributed by atoms with Crippen LogP contribution in [0.1, 0.15) is 22.5 Å². The molecular weight excluding hydrogens is 469 g/mol. The molecule has 7 nitrogen and oxygen atoms in total. The molecule has 28 heavy (non-hydrogen) atoms. The zero-order valence-electron chi connectivity index (χ0n) is 17.9. The normalized spacial score (nSPS) is 11.0. The first-order valence-corrected chi connectivity index (χ1v) is 9.03. The topological polar surface area (TPSA) is 63.9 Å². The molecule has 1 N–H and O–H groups in total. The quantitative estimate of drug-likeness (QED) is 0.359. The van der Waals surface area contributed by atoms with Gasteiger partial charge >= 0.3 is 0 Å². The monoisotopic (exact) mass is 501 g/mol. The van der Waals surface area contributed by atoms with E-state index in [0.29, 0.717) is 6.54 Å². The molecule has 1 heterocycles. The van der Waals surface area contributed by atoms with Crippen molar-refractivity contribution in [3.63, 3.8) is 0 Å². The number of hydrogen-bond donors (Lipinski definition) is 1. The van der Waals surface area contributed by atoms with Crippen molar-refractivity contribution >= 4 is 29.9 Å². The van der Waals surface area contributed by atoms with Gasteiger partial charge in [0.05, 0.1) is 19.9 Å². The Morgan fingerprint density at radius 3 is 2.50 bits per heavy atom. The number of halogens is 1. The summed E-state index contributed by atoms with van der Waals surface area (Å²) in [6.45, 7) is 5.63. The summed E-state index contributed by atoms with van der Waals surface area (Å²) in [5.41, 5.74) is 4.66. The fourth-order valence-electron chi connectivity index (χ4n) is 3.18. The van der Waals surface area contributed by atoms with Crippen LogP contribution in [0, 0.1) is 13.8 Å². The number of hydrogen-bond acceptors (Lipinski definition) is 4. The number of rotatable bonds is 7. The number of nitrogens with zero attached hydrogens (tertiary/aromatic N) is 4. The molecule has 0 bridgehead atoms. The van der Waals surface area contributed by atoms with Gasteiger partial charge in [0, 0.05) is 51.6 Å². The minimum Gasteiger partial charge on any atom is -0.497 e. The molecule has 8 heteroatoms. The van der Waals surface area contributed by atoms with E-state index in [1.54, 1.807) is 21.3 Å². The van der Waals surface area contributed by atoms with Gasteiger partial charge in [0.25, 0.3) is 0 Å². The third-order valence-corrected chi connectivity index (χ3v) is 4.79. The number of guanidine groups is 1. The Morgan fingerprint density at radius 1 is 1.25 bits per heavy atom. The predicted molar refractivity (Wildman–Crippen MR) is 124 cm³/mol. The molecule has 0 aliphatic carbocycles. The summed E-state index contributed by atoms with van der Waals surface area (Å²) in [6, 6.07) is 5.85. The fourth-order valence-corrected chi connectivity index (χ4v) is 3.18. The van der Waals surface area contributed by atoms with Gasteiger partial charge in [-0.3, -0.25) is 9.67 Å². The van der Waals surface area contributed by atoms with Crippen LogP contribution in [0.2, 0.25) is 0 Å². The maximum atomic E-state index is 5.49. The summed E-state index contributed by atoms with van der Waals surface area (Å²) < 4.78 is 12.7. The van der Waals surface area contributed by atoms with Crippen LogP contribution in [-0.4, -0.2) is 55.5 Å². The Kier molecular flexibility index (Phi) is 9.57. The zero-order valence-corrected chi connectivity index (χ0v) is 20.2. The highest BCUT2D eigenvalue weighted by Crippen LogP contribution is 2.25. The van der Waals surface area contributed by atoms with E-state index >= 15 is 0 Å². The number of nitrogens with one attached hydrogen (secondary N) is 1. The molecule has 0 radical (unpaired) electrons. The van der Waals surface area contributed by atoms with Crippen LogP contribution in [0.5, 0.6) is 11.5 Å². The van der Waals surface area contributed by atoms with Crippen molar-refractivity contribution in [1.29, 1.82) is 0 Å². The van der Waals surface area contributed by atoms with E-state index in [1.807, 2.05) is 37.0 Å². The molecule has 0 fully saturated rings. The molecule has 0 saturated carbocycles. The molecule has 0 amide bonds. The highest BCUT2D eigenvalue weighted by Gasteiger charge is 2.13. The molecule has 1 aromatic carbocycles. The van der Waals surface area contributed by atoms with Crippen LogP contribution in [0.3, 0.4) is 0 Å². The van der Waals surface area contributed by atoms with Gasteiger partial charge in [0.2, 0.25) is 0 Å². The van der Waals surface area contributed by atoms with Gasteiger partial charge in [0.1, 0.15) is 11.5 Å². The minimum absolute atomic E-state index is 0. The smallest absolute Gasteiger partial charge is 0.193 e. The summed E-state index contributed by atoms with van der Waals surface area (Å²) in [4.78, 5) is 6.48. The van der Waals surface area contributed by atoms with Gasteiger partial charge in [-0.15, -0.1) is 24.0 Å². The summed E-state index contributed by atoms with van der Waals surface area (Å²) in [5, 5.41) is 7.91. The Bertz CT molecular complexity index is 804. The number of aliphatic imine (C=N–C) groups is 1. The summed E-state index contributed by atoms with van der Waals surface area (Å²) in [6.07, 6.45) is 0.907. The van der Waals surface area contributed by atoms with E-state index < -0.39 is 0 Å². The molecule has 2 aromatic rings. The average molecular weight is 501 g/mol. The molecule has 0 aliphatic rings. The van der Waals surface area contributed by atoms with E-state index in [2.05, 4.69) is 34.2 Å². The molecule has 156 valence electrons. The van der Waals surface area contributed by atoms with Crippen molar-refractivity contribution in [2.45, 2.75) is 26.8 Å². The Hall–Kier alpha value is -1.97. The largest absolute Gasteiger partial charge is 0.497 e. The second kappa shape index (κ2) is 11.1. The summed E-state index contributed by atoms with van der Waals surface area (Å²) in [5.74, 6) is 2.42. The standard InChI is InChI=1S/C20H31N5O2.HI/c1-14-18(15(2)25(5)23-14)10-11-22-20(21-3)24(4)13-16-8-9-17(26-6)12-19(16)27-7;/h8-9,12H,10-11,13H2,1-7H3,(H,21,22);1H. The van der Waals surface area contributed by atoms with Crippen LogP contribution >= 0.6 is 24.0 Å². The van der Waals surface area contributed by atoms with Crippen molar-refractivity contribution in [3.8, 4) is 11.5 Å². The number of ether oxygens (including phenoxy) is 2. The summed E-state index contributed by atoms with van der Waals surface area (Å²) >= 11 is 0. The predicted octanol–water partition coefficient (Wildman–Crippen LogP) is 2.92. The Labute approximate surface area is 185 Å². The van der Waals surface area contributed by atoms with Gasteiger partial charge in [-0.2, -0.15) is 5.10 Å². The SMILES string of the molecule is CN=C(NCCc1c(C)nn(C)c1C)N(C)Cc1ccc(OC)cc1OC.I. The van der Waals surface area contributed by atoms with Crippen molar-refractivity contribution in [3.05, 3.63) is 40.7 Å². The van der Waals surface area contributed by atoms with Gasteiger partial charge in [-0.1, -0.05) is 0 Å². The van der Waals surface area contributed by atoms with E-state index in [-0.39, 0.29) is 24.0 Å². The second-order valence-electron chi connectivity index (χ2n) is 6.53. The first-order chi connectivity index (χ1) is 12.9. The third kappa shape index (κ3) is 5.76. The first kappa shape index (κ1) is 24.1. The van der Waals surface area contributed by atoms with Crippen molar-refractivity contribution in [2.75, 3.05) is 34.9 Å². The van der Waals surface area contributed by atoms with Gasteiger partial charge < -0.3 is 19.7 Å². The molecular formula is C20H32IN5O2. The van der Waals surface area contributed by atoms with Crippen LogP contribution in [0.4, 0.5) is 0 Å². The molecule has 0 saturated heterocycles. The summed E-state index contributed by atoms with van der Waals surface area (Å²) in [7, 11) is 9.11. The maximum absolute atomic E-state index is 5.49. The van der Waals surface area contributed by atoms with E-state index in [1.165, 1.54) is 11.3 Å². The number of aromatic nitrogens is 2. The number of methoxy groups -OCH3 is 2. The molecule has 0 unspecified atom stereocenters. The third-order valence-electron chi connectivity index (χ3n) is 4.79. The molecule has 0 atom stereocenters. The lowest BCUT2D eigenvalue weighted by molar-refractivity contribution is 0.382. The second-order valence-corrected chi connectivity index (χ2v) is 6.53. The minimum atomic E-state index is 0. The average Bonchev–Trinajstić information content (AvgIpc) is 2.91. The van der Waals surface area contributed by atoms with Crippen molar-refractivity contribution < 1.29 is 9.47 Å². The van der Waals surface area contributed by atoms with E-state index in [4.69, 9.17) is 9.47 Å². The van der Waals surface area contributed by atoms with E-state index in [0.717, 1.165) is 41.7 Å². The lowest BCUT2D eigenvalue weighted by atomic mass is 10.1. The first-order valence-electron chi connectivity index (χ1n) is 9.03. The van der Waals surface area contributed by atoms with Gasteiger partial charge in [0.15, 0.2) is 5.96 Å². The van der Waals surface area contributed by atoms with Crippen LogP contribution in [0.25, 0.3) is 0 Å². The maximum Gasteiger partial charge on any atom is 0.193 e. The molecule has 2 rings (SSSR count). The van der Waals surface area contributed by atoms with Crippen LogP contribution in [0.15, 0.2) is 23.2 Å². The molecule has 0 aliphatic heterocycles. The zero-order chi connectivity index (χ0) is 20.0. The number of benzene rings is 1. The highest BCUT2D eigenvalue weighted by molar-refractivity contribution is 14.0. The van der Waals surface area contributed by atoms with Gasteiger partial charge in [-0.05, 0) is 38.0 Å². The lowest BCUT2D eigenvalue weighted by Gasteiger charge is -2.23. The Balaban J connectivity index is 0.00000392. The lowest BCUT2D eigenvalue weighted by Crippen LogP contribution is -2.39. The molecule has 1 aromatic heterocycles. The van der Waals surface area contributed by atoms with Crippen molar-refractivity contribution in [1.82, 2.24) is 20.0 Å². The van der Waals surface area contributed by atoms with E-state index in [9.17, 15) is 0 Å². The van der Waals surface area contributed by atoms with Crippen LogP contribution in [-0.2, 0) is 20.0 Å². The molecule has 0 spiro atoms. The fraction of sp³-hybridized carbons (Fsp3) is 0.500. The van der Waals surface area contributed by atoms with Crippen molar-refractivity contribution in [2.24, 2.45) is 12.0 Å². The van der Waals surface area contributed by atoms with Crippen LogP contribution < -0.4 is 14.8 Å². The Morgan fingerprint density at radius 2 is 1.96 bits per heavy atom. The number of aryl methyl sites for hydroxylation is 2.